The molecule has 188 valence electrons. The molecule has 3 heterocycles. The number of carbonyl (C=O) groups excluding carboxylic acids is 1. The summed E-state index contributed by atoms with van der Waals surface area (Å²) in [6.45, 7) is 5.74. The lowest BCUT2D eigenvalue weighted by atomic mass is 10.1. The molecule has 0 spiro atoms. The number of benzene rings is 2. The third-order valence-electron chi connectivity index (χ3n) is 6.14. The second-order valence-corrected chi connectivity index (χ2v) is 9.92. The Morgan fingerprint density at radius 2 is 1.73 bits per heavy atom. The first kappa shape index (κ1) is 24.4. The van der Waals surface area contributed by atoms with Gasteiger partial charge in [-0.05, 0) is 62.7 Å². The Kier molecular flexibility index (Phi) is 6.58. The molecule has 8 nitrogen and oxygen atoms in total. The van der Waals surface area contributed by atoms with Gasteiger partial charge in [0.05, 0.1) is 28.5 Å². The van der Waals surface area contributed by atoms with Crippen molar-refractivity contribution in [3.05, 3.63) is 97.0 Å². The maximum absolute atomic E-state index is 12.2. The van der Waals surface area contributed by atoms with Crippen molar-refractivity contribution < 1.29 is 9.63 Å². The lowest BCUT2D eigenvalue weighted by Gasteiger charge is -2.32. The minimum absolute atomic E-state index is 0.457. The van der Waals surface area contributed by atoms with Crippen LogP contribution in [-0.4, -0.2) is 41.2 Å². The standard InChI is InChI=1S/C29H30N6O2/c1-29(2,3)37-35(20-36)26(17-22-9-7-8-16-30-22)28-31-18-27(33(28)4)21-12-14-23(15-13-21)34-19-32-24-10-5-6-11-25(24)34/h5-16,18-20,26H,17H2,1-4H3. The highest BCUT2D eigenvalue weighted by molar-refractivity contribution is 5.77. The molecule has 0 aliphatic heterocycles. The van der Waals surface area contributed by atoms with Crippen LogP contribution in [0, 0.1) is 0 Å². The van der Waals surface area contributed by atoms with E-state index in [2.05, 4.69) is 44.9 Å². The van der Waals surface area contributed by atoms with Crippen LogP contribution in [0.2, 0.25) is 0 Å². The average Bonchev–Trinajstić information content (AvgIpc) is 3.50. The summed E-state index contributed by atoms with van der Waals surface area (Å²) in [5.41, 5.74) is 5.29. The number of rotatable bonds is 8. The Hall–Kier alpha value is -4.30. The van der Waals surface area contributed by atoms with Crippen molar-refractivity contribution in [2.24, 2.45) is 7.05 Å². The highest BCUT2D eigenvalue weighted by Gasteiger charge is 2.29. The number of amides is 1. The molecule has 2 aromatic carbocycles. The fourth-order valence-corrected chi connectivity index (χ4v) is 4.45. The van der Waals surface area contributed by atoms with E-state index in [9.17, 15) is 4.79 Å². The molecule has 5 rings (SSSR count). The van der Waals surface area contributed by atoms with Gasteiger partial charge in [-0.15, -0.1) is 0 Å². The lowest BCUT2D eigenvalue weighted by Crippen LogP contribution is -2.38. The molecule has 0 bridgehead atoms. The van der Waals surface area contributed by atoms with Crippen LogP contribution in [-0.2, 0) is 23.1 Å². The first-order valence-corrected chi connectivity index (χ1v) is 12.2. The molecule has 0 fully saturated rings. The van der Waals surface area contributed by atoms with E-state index in [1.54, 1.807) is 6.20 Å². The van der Waals surface area contributed by atoms with Gasteiger partial charge in [0, 0.05) is 31.0 Å². The van der Waals surface area contributed by atoms with Crippen LogP contribution in [0.4, 0.5) is 0 Å². The maximum atomic E-state index is 12.2. The molecule has 8 heteroatoms. The van der Waals surface area contributed by atoms with E-state index in [1.807, 2.05) is 81.3 Å². The molecule has 0 N–H and O–H groups in total. The number of fused-ring (bicyclic) bond motifs is 1. The van der Waals surface area contributed by atoms with Gasteiger partial charge in [-0.3, -0.25) is 19.2 Å². The predicted octanol–water partition coefficient (Wildman–Crippen LogP) is 5.29. The lowest BCUT2D eigenvalue weighted by molar-refractivity contribution is -0.235. The van der Waals surface area contributed by atoms with Crippen LogP contribution in [0.3, 0.4) is 0 Å². The second-order valence-electron chi connectivity index (χ2n) is 9.92. The summed E-state index contributed by atoms with van der Waals surface area (Å²) in [5, 5.41) is 1.36. The summed E-state index contributed by atoms with van der Waals surface area (Å²) in [6, 6.07) is 21.6. The predicted molar refractivity (Wildman–Crippen MR) is 143 cm³/mol. The Morgan fingerprint density at radius 1 is 0.973 bits per heavy atom. The van der Waals surface area contributed by atoms with E-state index in [0.717, 1.165) is 40.1 Å². The zero-order valence-electron chi connectivity index (χ0n) is 21.4. The van der Waals surface area contributed by atoms with Crippen LogP contribution < -0.4 is 0 Å². The highest BCUT2D eigenvalue weighted by atomic mass is 16.7. The minimum atomic E-state index is -0.551. The number of hydrogen-bond donors (Lipinski definition) is 0. The summed E-state index contributed by atoms with van der Waals surface area (Å²) >= 11 is 0. The number of aromatic nitrogens is 5. The largest absolute Gasteiger partial charge is 0.329 e. The van der Waals surface area contributed by atoms with Gasteiger partial charge in [-0.25, -0.2) is 15.0 Å². The zero-order valence-corrected chi connectivity index (χ0v) is 21.4. The molecular weight excluding hydrogens is 464 g/mol. The van der Waals surface area contributed by atoms with E-state index in [0.29, 0.717) is 12.2 Å². The van der Waals surface area contributed by atoms with Crippen molar-refractivity contribution in [2.75, 3.05) is 0 Å². The molecule has 1 atom stereocenters. The van der Waals surface area contributed by atoms with E-state index in [1.165, 1.54) is 5.06 Å². The van der Waals surface area contributed by atoms with Crippen LogP contribution in [0.5, 0.6) is 0 Å². The first-order chi connectivity index (χ1) is 17.8. The second kappa shape index (κ2) is 9.99. The molecule has 1 amide bonds. The van der Waals surface area contributed by atoms with Crippen LogP contribution in [0.1, 0.15) is 38.3 Å². The summed E-state index contributed by atoms with van der Waals surface area (Å²) in [7, 11) is 1.96. The van der Waals surface area contributed by atoms with Gasteiger partial charge in [-0.1, -0.05) is 30.3 Å². The molecule has 0 saturated carbocycles. The van der Waals surface area contributed by atoms with Gasteiger partial charge in [0.2, 0.25) is 6.41 Å². The Bertz CT molecular complexity index is 1500. The van der Waals surface area contributed by atoms with Crippen LogP contribution in [0.15, 0.2) is 85.5 Å². The van der Waals surface area contributed by atoms with Crippen LogP contribution >= 0.6 is 0 Å². The molecule has 5 aromatic rings. The van der Waals surface area contributed by atoms with E-state index in [-0.39, 0.29) is 0 Å². The molecule has 0 saturated heterocycles. The molecule has 0 aliphatic rings. The third-order valence-corrected chi connectivity index (χ3v) is 6.14. The molecular formula is C29H30N6O2. The van der Waals surface area contributed by atoms with Gasteiger partial charge in [0.1, 0.15) is 18.2 Å². The fraction of sp³-hybridized carbons (Fsp3) is 0.241. The zero-order chi connectivity index (χ0) is 26.0. The van der Waals surface area contributed by atoms with Crippen molar-refractivity contribution in [3.63, 3.8) is 0 Å². The van der Waals surface area contributed by atoms with Gasteiger partial charge >= 0.3 is 0 Å². The Balaban J connectivity index is 1.48. The summed E-state index contributed by atoms with van der Waals surface area (Å²) in [5.74, 6) is 0.710. The van der Waals surface area contributed by atoms with E-state index >= 15 is 0 Å². The van der Waals surface area contributed by atoms with E-state index < -0.39 is 11.6 Å². The fourth-order valence-electron chi connectivity index (χ4n) is 4.45. The number of imidazole rings is 2. The van der Waals surface area contributed by atoms with Crippen molar-refractivity contribution in [2.45, 2.75) is 38.8 Å². The molecule has 1 unspecified atom stereocenters. The minimum Gasteiger partial charge on any atom is -0.329 e. The molecule has 37 heavy (non-hydrogen) atoms. The Morgan fingerprint density at radius 3 is 2.43 bits per heavy atom. The number of hydrogen-bond acceptors (Lipinski definition) is 5. The highest BCUT2D eigenvalue weighted by Crippen LogP contribution is 2.30. The normalized spacial score (nSPS) is 12.5. The summed E-state index contributed by atoms with van der Waals surface area (Å²) in [4.78, 5) is 31.9. The Labute approximate surface area is 216 Å². The van der Waals surface area contributed by atoms with E-state index in [4.69, 9.17) is 9.82 Å². The topological polar surface area (TPSA) is 78.1 Å². The summed E-state index contributed by atoms with van der Waals surface area (Å²) in [6.07, 6.45) is 6.61. The monoisotopic (exact) mass is 494 g/mol. The molecule has 3 aromatic heterocycles. The van der Waals surface area contributed by atoms with Crippen molar-refractivity contribution >= 4 is 17.4 Å². The maximum Gasteiger partial charge on any atom is 0.234 e. The SMILES string of the molecule is Cn1c(-c2ccc(-n3cnc4ccccc43)cc2)cnc1C(Cc1ccccn1)N(C=O)OC(C)(C)C. The molecule has 0 aliphatic carbocycles. The number of pyridine rings is 1. The van der Waals surface area contributed by atoms with Gasteiger partial charge < -0.3 is 4.57 Å². The van der Waals surface area contributed by atoms with Crippen molar-refractivity contribution in [3.8, 4) is 16.9 Å². The third kappa shape index (κ3) is 5.15. The molecule has 0 radical (unpaired) electrons. The number of para-hydroxylation sites is 2. The number of carbonyl (C=O) groups is 1. The van der Waals surface area contributed by atoms with Gasteiger partial charge in [0.25, 0.3) is 0 Å². The smallest absolute Gasteiger partial charge is 0.234 e. The first-order valence-electron chi connectivity index (χ1n) is 12.2. The quantitative estimate of drug-likeness (QED) is 0.216. The average molecular weight is 495 g/mol. The number of hydroxylamine groups is 2. The van der Waals surface area contributed by atoms with Crippen molar-refractivity contribution in [1.29, 1.82) is 0 Å². The summed E-state index contributed by atoms with van der Waals surface area (Å²) < 4.78 is 4.08. The van der Waals surface area contributed by atoms with Gasteiger partial charge in [-0.2, -0.15) is 0 Å². The van der Waals surface area contributed by atoms with Crippen LogP contribution in [0.25, 0.3) is 28.0 Å². The van der Waals surface area contributed by atoms with Crippen molar-refractivity contribution in [1.82, 2.24) is 29.1 Å². The number of nitrogens with zero attached hydrogens (tertiary/aromatic N) is 6. The van der Waals surface area contributed by atoms with Gasteiger partial charge in [0.15, 0.2) is 0 Å².